The first kappa shape index (κ1) is 9.51. The summed E-state index contributed by atoms with van der Waals surface area (Å²) in [6.07, 6.45) is 0.708. The Hall–Kier alpha value is -1.58. The molecule has 1 aromatic rings. The second kappa shape index (κ2) is 3.89. The third-order valence-corrected chi connectivity index (χ3v) is 2.00. The van der Waals surface area contributed by atoms with Crippen molar-refractivity contribution in [3.8, 4) is 0 Å². The van der Waals surface area contributed by atoms with E-state index in [4.69, 9.17) is 5.11 Å². The van der Waals surface area contributed by atoms with Crippen LogP contribution >= 0.6 is 0 Å². The third kappa shape index (κ3) is 2.18. The van der Waals surface area contributed by atoms with Gasteiger partial charge in [0.05, 0.1) is 11.7 Å². The van der Waals surface area contributed by atoms with E-state index < -0.39 is 6.09 Å². The zero-order valence-corrected chi connectivity index (χ0v) is 7.64. The molecule has 0 aliphatic rings. The molecule has 0 bridgehead atoms. The molecule has 1 heterocycles. The highest BCUT2D eigenvalue weighted by atomic mass is 16.4. The number of hydrogen-bond acceptors (Lipinski definition) is 2. The maximum atomic E-state index is 10.6. The first-order valence-corrected chi connectivity index (χ1v) is 3.99. The molecule has 0 aliphatic carbocycles. The van der Waals surface area contributed by atoms with E-state index in [9.17, 15) is 4.79 Å². The van der Waals surface area contributed by atoms with Crippen molar-refractivity contribution in [3.05, 3.63) is 30.1 Å². The molecular weight excluding hydrogens is 168 g/mol. The number of hydrogen-bond donors (Lipinski definition) is 1. The van der Waals surface area contributed by atoms with E-state index in [2.05, 4.69) is 4.98 Å². The van der Waals surface area contributed by atoms with Gasteiger partial charge in [-0.3, -0.25) is 4.98 Å². The number of aromatic nitrogens is 1. The fourth-order valence-corrected chi connectivity index (χ4v) is 0.987. The van der Waals surface area contributed by atoms with Crippen LogP contribution in [0.25, 0.3) is 0 Å². The lowest BCUT2D eigenvalue weighted by Gasteiger charge is -2.20. The molecule has 0 fully saturated rings. The molecule has 1 rings (SSSR count). The Morgan fingerprint density at radius 1 is 1.62 bits per heavy atom. The topological polar surface area (TPSA) is 53.4 Å². The van der Waals surface area contributed by atoms with Gasteiger partial charge in [0, 0.05) is 13.2 Å². The number of carboxylic acid groups (broad SMARTS) is 1. The number of carbonyl (C=O) groups is 1. The van der Waals surface area contributed by atoms with Gasteiger partial charge in [-0.2, -0.15) is 0 Å². The molecule has 70 valence electrons. The van der Waals surface area contributed by atoms with E-state index in [-0.39, 0.29) is 6.04 Å². The highest BCUT2D eigenvalue weighted by Gasteiger charge is 2.16. The minimum absolute atomic E-state index is 0.210. The SMILES string of the molecule is CC(c1ccccn1)N(C)C(=O)O. The van der Waals surface area contributed by atoms with Crippen molar-refractivity contribution in [2.24, 2.45) is 0 Å². The standard InChI is InChI=1S/C9H12N2O2/c1-7(11(2)9(12)13)8-5-3-4-6-10-8/h3-7H,1-2H3,(H,12,13). The Morgan fingerprint density at radius 2 is 2.31 bits per heavy atom. The van der Waals surface area contributed by atoms with Gasteiger partial charge in [-0.15, -0.1) is 0 Å². The van der Waals surface area contributed by atoms with Crippen LogP contribution in [0.5, 0.6) is 0 Å². The molecule has 0 aromatic carbocycles. The predicted octanol–water partition coefficient (Wildman–Crippen LogP) is 1.75. The van der Waals surface area contributed by atoms with Gasteiger partial charge in [0.15, 0.2) is 0 Å². The summed E-state index contributed by atoms with van der Waals surface area (Å²) in [5, 5.41) is 8.71. The van der Waals surface area contributed by atoms with E-state index in [1.54, 1.807) is 19.2 Å². The summed E-state index contributed by atoms with van der Waals surface area (Å²) in [6, 6.07) is 5.24. The fraction of sp³-hybridized carbons (Fsp3) is 0.333. The Kier molecular flexibility index (Phi) is 2.84. The van der Waals surface area contributed by atoms with Crippen LogP contribution in [-0.2, 0) is 0 Å². The zero-order valence-electron chi connectivity index (χ0n) is 7.64. The van der Waals surface area contributed by atoms with Crippen LogP contribution in [0.15, 0.2) is 24.4 Å². The molecule has 0 aliphatic heterocycles. The lowest BCUT2D eigenvalue weighted by molar-refractivity contribution is 0.141. The predicted molar refractivity (Wildman–Crippen MR) is 48.4 cm³/mol. The van der Waals surface area contributed by atoms with Gasteiger partial charge in [-0.25, -0.2) is 4.79 Å². The fourth-order valence-electron chi connectivity index (χ4n) is 0.987. The largest absolute Gasteiger partial charge is 0.465 e. The molecule has 1 amide bonds. The Labute approximate surface area is 76.8 Å². The zero-order chi connectivity index (χ0) is 9.84. The van der Waals surface area contributed by atoms with Gasteiger partial charge in [0.2, 0.25) is 0 Å². The van der Waals surface area contributed by atoms with Gasteiger partial charge < -0.3 is 10.0 Å². The number of amides is 1. The van der Waals surface area contributed by atoms with Gasteiger partial charge in [-0.05, 0) is 19.1 Å². The second-order valence-electron chi connectivity index (χ2n) is 2.82. The van der Waals surface area contributed by atoms with Crippen LogP contribution < -0.4 is 0 Å². The summed E-state index contributed by atoms with van der Waals surface area (Å²) >= 11 is 0. The number of pyridine rings is 1. The van der Waals surface area contributed by atoms with Crippen molar-refractivity contribution < 1.29 is 9.90 Å². The van der Waals surface area contributed by atoms with Crippen LogP contribution in [0, 0.1) is 0 Å². The van der Waals surface area contributed by atoms with E-state index in [0.29, 0.717) is 0 Å². The molecule has 1 atom stereocenters. The smallest absolute Gasteiger partial charge is 0.407 e. The van der Waals surface area contributed by atoms with Gasteiger partial charge in [0.25, 0.3) is 0 Å². The molecule has 0 saturated heterocycles. The van der Waals surface area contributed by atoms with Crippen molar-refractivity contribution in [1.29, 1.82) is 0 Å². The molecule has 1 unspecified atom stereocenters. The molecule has 1 aromatic heterocycles. The molecule has 0 radical (unpaired) electrons. The lowest BCUT2D eigenvalue weighted by atomic mass is 10.2. The molecule has 4 heteroatoms. The summed E-state index contributed by atoms with van der Waals surface area (Å²) < 4.78 is 0. The van der Waals surface area contributed by atoms with Crippen LogP contribution in [0.1, 0.15) is 18.7 Å². The van der Waals surface area contributed by atoms with Crippen LogP contribution in [0.4, 0.5) is 4.79 Å². The molecule has 0 saturated carbocycles. The van der Waals surface area contributed by atoms with Gasteiger partial charge >= 0.3 is 6.09 Å². The van der Waals surface area contributed by atoms with E-state index in [0.717, 1.165) is 5.69 Å². The van der Waals surface area contributed by atoms with E-state index in [1.165, 1.54) is 11.9 Å². The minimum atomic E-state index is -0.946. The quantitative estimate of drug-likeness (QED) is 0.754. The van der Waals surface area contributed by atoms with Crippen molar-refractivity contribution in [1.82, 2.24) is 9.88 Å². The summed E-state index contributed by atoms with van der Waals surface area (Å²) in [4.78, 5) is 15.9. The Morgan fingerprint density at radius 3 is 2.77 bits per heavy atom. The average molecular weight is 180 g/mol. The monoisotopic (exact) mass is 180 g/mol. The summed E-state index contributed by atoms with van der Waals surface area (Å²) in [6.45, 7) is 1.80. The Balaban J connectivity index is 2.79. The van der Waals surface area contributed by atoms with Crippen LogP contribution in [-0.4, -0.2) is 28.1 Å². The van der Waals surface area contributed by atoms with Crippen molar-refractivity contribution in [2.45, 2.75) is 13.0 Å². The number of nitrogens with zero attached hydrogens (tertiary/aromatic N) is 2. The van der Waals surface area contributed by atoms with E-state index >= 15 is 0 Å². The molecule has 13 heavy (non-hydrogen) atoms. The van der Waals surface area contributed by atoms with Crippen molar-refractivity contribution in [3.63, 3.8) is 0 Å². The van der Waals surface area contributed by atoms with Gasteiger partial charge in [0.1, 0.15) is 0 Å². The van der Waals surface area contributed by atoms with Crippen molar-refractivity contribution in [2.75, 3.05) is 7.05 Å². The first-order chi connectivity index (χ1) is 6.13. The highest BCUT2D eigenvalue weighted by molar-refractivity contribution is 5.65. The minimum Gasteiger partial charge on any atom is -0.465 e. The normalized spacial score (nSPS) is 12.2. The number of rotatable bonds is 2. The third-order valence-electron chi connectivity index (χ3n) is 2.00. The molecular formula is C9H12N2O2. The van der Waals surface area contributed by atoms with E-state index in [1.807, 2.05) is 12.1 Å². The Bertz CT molecular complexity index is 287. The second-order valence-corrected chi connectivity index (χ2v) is 2.82. The summed E-state index contributed by atoms with van der Waals surface area (Å²) in [7, 11) is 1.53. The van der Waals surface area contributed by atoms with Crippen LogP contribution in [0.2, 0.25) is 0 Å². The maximum absolute atomic E-state index is 10.6. The van der Waals surface area contributed by atoms with Crippen LogP contribution in [0.3, 0.4) is 0 Å². The van der Waals surface area contributed by atoms with Crippen molar-refractivity contribution >= 4 is 6.09 Å². The first-order valence-electron chi connectivity index (χ1n) is 3.99. The average Bonchev–Trinajstić information content (AvgIpc) is 2.17. The maximum Gasteiger partial charge on any atom is 0.407 e. The summed E-state index contributed by atoms with van der Waals surface area (Å²) in [5.74, 6) is 0. The molecule has 1 N–H and O–H groups in total. The highest BCUT2D eigenvalue weighted by Crippen LogP contribution is 2.15. The molecule has 4 nitrogen and oxygen atoms in total. The van der Waals surface area contributed by atoms with Gasteiger partial charge in [-0.1, -0.05) is 6.07 Å². The lowest BCUT2D eigenvalue weighted by Crippen LogP contribution is -2.28. The molecule has 0 spiro atoms. The summed E-state index contributed by atoms with van der Waals surface area (Å²) in [5.41, 5.74) is 0.757.